The van der Waals surface area contributed by atoms with E-state index in [1.54, 1.807) is 0 Å². The molecule has 0 spiro atoms. The Labute approximate surface area is 118 Å². The maximum atomic E-state index is 11.3. The summed E-state index contributed by atoms with van der Waals surface area (Å²) in [5, 5.41) is 33.3. The first-order valence-electron chi connectivity index (χ1n) is 6.55. The molecule has 1 rings (SSSR count). The zero-order valence-electron chi connectivity index (χ0n) is 12.2. The molecule has 1 aliphatic rings. The Morgan fingerprint density at radius 2 is 2.00 bits per heavy atom. The number of hydrogen-bond acceptors (Lipinski definition) is 7. The lowest BCUT2D eigenvalue weighted by Crippen LogP contribution is -2.68. The molecule has 1 heterocycles. The fourth-order valence-electron chi connectivity index (χ4n) is 2.31. The van der Waals surface area contributed by atoms with E-state index in [4.69, 9.17) is 9.57 Å². The highest BCUT2D eigenvalue weighted by molar-refractivity contribution is 5.73. The molecular formula is C12H24N2O6. The second-order valence-corrected chi connectivity index (χ2v) is 5.09. The van der Waals surface area contributed by atoms with Gasteiger partial charge in [0.15, 0.2) is 6.23 Å². The van der Waals surface area contributed by atoms with E-state index in [0.717, 1.165) is 0 Å². The van der Waals surface area contributed by atoms with Crippen LogP contribution in [0.25, 0.3) is 0 Å². The number of nitrogens with zero attached hydrogens (tertiary/aromatic N) is 1. The minimum atomic E-state index is -1.29. The highest BCUT2D eigenvalue weighted by Gasteiger charge is 2.47. The van der Waals surface area contributed by atoms with E-state index in [-0.39, 0.29) is 11.9 Å². The minimum absolute atomic E-state index is 0.0944. The summed E-state index contributed by atoms with van der Waals surface area (Å²) in [5.74, 6) is -0.364. The molecule has 1 fully saturated rings. The molecule has 0 aromatic carbocycles. The van der Waals surface area contributed by atoms with Crippen LogP contribution in [0.3, 0.4) is 0 Å². The van der Waals surface area contributed by atoms with E-state index in [0.29, 0.717) is 0 Å². The number of carbonyl (C=O) groups is 1. The van der Waals surface area contributed by atoms with Crippen molar-refractivity contribution < 1.29 is 29.7 Å². The van der Waals surface area contributed by atoms with E-state index in [9.17, 15) is 20.1 Å². The van der Waals surface area contributed by atoms with Crippen LogP contribution >= 0.6 is 0 Å². The van der Waals surface area contributed by atoms with Gasteiger partial charge in [0.1, 0.15) is 18.3 Å². The van der Waals surface area contributed by atoms with Crippen molar-refractivity contribution in [1.29, 1.82) is 0 Å². The quantitative estimate of drug-likeness (QED) is 0.442. The van der Waals surface area contributed by atoms with Crippen molar-refractivity contribution in [3.63, 3.8) is 0 Å². The summed E-state index contributed by atoms with van der Waals surface area (Å²) in [6, 6.07) is -0.962. The first-order valence-corrected chi connectivity index (χ1v) is 6.55. The number of hydroxylamine groups is 2. The molecule has 20 heavy (non-hydrogen) atoms. The number of aliphatic hydroxyl groups is 3. The lowest BCUT2D eigenvalue weighted by molar-refractivity contribution is -0.314. The van der Waals surface area contributed by atoms with E-state index < -0.39 is 37.2 Å². The lowest BCUT2D eigenvalue weighted by Gasteiger charge is -2.46. The van der Waals surface area contributed by atoms with Crippen LogP contribution in [0, 0.1) is 0 Å². The summed E-state index contributed by atoms with van der Waals surface area (Å²) in [5.41, 5.74) is 0. The number of carbonyl (C=O) groups excluding carboxylic acids is 1. The normalized spacial score (nSPS) is 34.5. The molecule has 0 aromatic heterocycles. The molecule has 2 unspecified atom stereocenters. The monoisotopic (exact) mass is 292 g/mol. The third-order valence-corrected chi connectivity index (χ3v) is 3.24. The first-order chi connectivity index (χ1) is 9.33. The Hall–Kier alpha value is -0.770. The lowest BCUT2D eigenvalue weighted by atomic mass is 9.95. The number of hydrogen-bond donors (Lipinski definition) is 4. The van der Waals surface area contributed by atoms with Crippen LogP contribution in [-0.2, 0) is 14.4 Å². The Balaban J connectivity index is 3.02. The molecular weight excluding hydrogens is 268 g/mol. The smallest absolute Gasteiger partial charge is 0.217 e. The largest absolute Gasteiger partial charge is 0.394 e. The van der Waals surface area contributed by atoms with Gasteiger partial charge in [-0.1, -0.05) is 0 Å². The van der Waals surface area contributed by atoms with Crippen molar-refractivity contribution in [2.45, 2.75) is 57.4 Å². The first kappa shape index (κ1) is 17.3. The van der Waals surface area contributed by atoms with E-state index in [1.807, 2.05) is 13.8 Å². The maximum absolute atomic E-state index is 11.3. The van der Waals surface area contributed by atoms with Gasteiger partial charge in [-0.3, -0.25) is 9.63 Å². The Morgan fingerprint density at radius 1 is 1.40 bits per heavy atom. The van der Waals surface area contributed by atoms with Gasteiger partial charge < -0.3 is 25.4 Å². The summed E-state index contributed by atoms with van der Waals surface area (Å²) in [7, 11) is 1.44. The third kappa shape index (κ3) is 3.66. The minimum Gasteiger partial charge on any atom is -0.394 e. The summed E-state index contributed by atoms with van der Waals surface area (Å²) < 4.78 is 5.57. The molecule has 0 radical (unpaired) electrons. The molecule has 0 saturated carbocycles. The van der Waals surface area contributed by atoms with Crippen molar-refractivity contribution >= 4 is 5.91 Å². The molecule has 1 aliphatic heterocycles. The fraction of sp³-hybridized carbons (Fsp3) is 0.917. The van der Waals surface area contributed by atoms with Crippen LogP contribution in [-0.4, -0.2) is 76.6 Å². The van der Waals surface area contributed by atoms with Crippen molar-refractivity contribution in [3.8, 4) is 0 Å². The SMILES string of the molecule is CON(C(C)C)[C@@H]1OC(CO)[C@H](O)[C@H](O)C1NC(C)=O. The highest BCUT2D eigenvalue weighted by Crippen LogP contribution is 2.25. The molecule has 0 bridgehead atoms. The third-order valence-electron chi connectivity index (χ3n) is 3.24. The van der Waals surface area contributed by atoms with Crippen LogP contribution in [0.2, 0.25) is 0 Å². The summed E-state index contributed by atoms with van der Waals surface area (Å²) in [6.07, 6.45) is -4.33. The van der Waals surface area contributed by atoms with Crippen LogP contribution in [0.15, 0.2) is 0 Å². The molecule has 4 N–H and O–H groups in total. The van der Waals surface area contributed by atoms with Gasteiger partial charge in [0, 0.05) is 13.0 Å². The Bertz CT molecular complexity index is 327. The zero-order chi connectivity index (χ0) is 15.4. The summed E-state index contributed by atoms with van der Waals surface area (Å²) >= 11 is 0. The molecule has 0 aliphatic carbocycles. The maximum Gasteiger partial charge on any atom is 0.217 e. The van der Waals surface area contributed by atoms with E-state index >= 15 is 0 Å². The van der Waals surface area contributed by atoms with Crippen LogP contribution in [0.4, 0.5) is 0 Å². The predicted octanol–water partition coefficient (Wildman–Crippen LogP) is -1.80. The number of aliphatic hydroxyl groups excluding tert-OH is 3. The number of nitrogens with one attached hydrogen (secondary N) is 1. The standard InChI is InChI=1S/C12H24N2O6/c1-6(2)14(19-4)12-9(13-7(3)16)11(18)10(17)8(5-15)20-12/h6,8-12,15,17-18H,5H2,1-4H3,(H,13,16)/t8?,9?,10-,11+,12+/m0/s1. The second-order valence-electron chi connectivity index (χ2n) is 5.09. The molecule has 0 aromatic rings. The average Bonchev–Trinajstić information content (AvgIpc) is 2.37. The molecule has 118 valence electrons. The second kappa shape index (κ2) is 7.30. The zero-order valence-corrected chi connectivity index (χ0v) is 12.2. The predicted molar refractivity (Wildman–Crippen MR) is 69.3 cm³/mol. The molecule has 8 heteroatoms. The van der Waals surface area contributed by atoms with Crippen molar-refractivity contribution in [1.82, 2.24) is 10.4 Å². The number of rotatable bonds is 5. The number of ether oxygens (including phenoxy) is 1. The van der Waals surface area contributed by atoms with Crippen molar-refractivity contribution in [2.24, 2.45) is 0 Å². The molecule has 8 nitrogen and oxygen atoms in total. The van der Waals surface area contributed by atoms with Crippen LogP contribution in [0.5, 0.6) is 0 Å². The van der Waals surface area contributed by atoms with E-state index in [2.05, 4.69) is 5.32 Å². The topological polar surface area (TPSA) is 111 Å². The summed E-state index contributed by atoms with van der Waals surface area (Å²) in [4.78, 5) is 16.5. The molecule has 1 saturated heterocycles. The van der Waals surface area contributed by atoms with Gasteiger partial charge in [-0.15, -0.1) is 0 Å². The van der Waals surface area contributed by atoms with Crippen LogP contribution < -0.4 is 5.32 Å². The van der Waals surface area contributed by atoms with Gasteiger partial charge in [-0.2, -0.15) is 5.06 Å². The number of amides is 1. The Kier molecular flexibility index (Phi) is 6.31. The van der Waals surface area contributed by atoms with Gasteiger partial charge >= 0.3 is 0 Å². The fourth-order valence-corrected chi connectivity index (χ4v) is 2.31. The van der Waals surface area contributed by atoms with Gasteiger partial charge in [-0.05, 0) is 13.8 Å². The average molecular weight is 292 g/mol. The Morgan fingerprint density at radius 3 is 2.40 bits per heavy atom. The van der Waals surface area contributed by atoms with Crippen molar-refractivity contribution in [2.75, 3.05) is 13.7 Å². The molecule has 1 amide bonds. The van der Waals surface area contributed by atoms with Crippen molar-refractivity contribution in [3.05, 3.63) is 0 Å². The van der Waals surface area contributed by atoms with Gasteiger partial charge in [0.2, 0.25) is 5.91 Å². The molecule has 5 atom stereocenters. The van der Waals surface area contributed by atoms with Gasteiger partial charge in [-0.25, -0.2) is 0 Å². The van der Waals surface area contributed by atoms with Gasteiger partial charge in [0.05, 0.1) is 19.8 Å². The van der Waals surface area contributed by atoms with E-state index in [1.165, 1.54) is 19.1 Å². The highest BCUT2D eigenvalue weighted by atomic mass is 16.7. The van der Waals surface area contributed by atoms with Crippen LogP contribution in [0.1, 0.15) is 20.8 Å². The summed E-state index contributed by atoms with van der Waals surface area (Å²) in [6.45, 7) is 4.56. The van der Waals surface area contributed by atoms with Gasteiger partial charge in [0.25, 0.3) is 0 Å².